The van der Waals surface area contributed by atoms with Gasteiger partial charge in [-0.1, -0.05) is 5.21 Å². The van der Waals surface area contributed by atoms with Crippen LogP contribution in [0.1, 0.15) is 29.9 Å². The molecule has 1 aliphatic rings. The van der Waals surface area contributed by atoms with E-state index in [4.69, 9.17) is 0 Å². The molecule has 0 bridgehead atoms. The summed E-state index contributed by atoms with van der Waals surface area (Å²) in [5.41, 5.74) is -0.238. The molecular formula is C9H11F3N4O2. The van der Waals surface area contributed by atoms with Gasteiger partial charge in [0.05, 0.1) is 7.11 Å². The normalized spacial score (nSPS) is 23.2. The fourth-order valence-corrected chi connectivity index (χ4v) is 1.88. The van der Waals surface area contributed by atoms with E-state index in [2.05, 4.69) is 20.4 Å². The first-order valence-corrected chi connectivity index (χ1v) is 5.21. The maximum absolute atomic E-state index is 12.9. The molecule has 0 aliphatic carbocycles. The Kier molecular flexibility index (Phi) is 2.91. The number of carbonyl (C=O) groups excluding carboxylic acids is 1. The van der Waals surface area contributed by atoms with E-state index in [1.165, 1.54) is 0 Å². The summed E-state index contributed by atoms with van der Waals surface area (Å²) in [7, 11) is 1.13. The SMILES string of the molecule is COC(=O)c1nnn2c1NC(C)CC2C(F)(F)F. The first-order chi connectivity index (χ1) is 8.34. The van der Waals surface area contributed by atoms with Crippen LogP contribution in [0.2, 0.25) is 0 Å². The molecule has 0 amide bonds. The third-order valence-corrected chi connectivity index (χ3v) is 2.71. The molecule has 1 N–H and O–H groups in total. The summed E-state index contributed by atoms with van der Waals surface area (Å²) >= 11 is 0. The lowest BCUT2D eigenvalue weighted by Gasteiger charge is -2.30. The number of rotatable bonds is 1. The molecule has 2 heterocycles. The Morgan fingerprint density at radius 3 is 2.78 bits per heavy atom. The van der Waals surface area contributed by atoms with E-state index in [0.29, 0.717) is 4.68 Å². The van der Waals surface area contributed by atoms with Gasteiger partial charge in [-0.3, -0.25) is 0 Å². The van der Waals surface area contributed by atoms with Gasteiger partial charge in [0, 0.05) is 6.04 Å². The highest BCUT2D eigenvalue weighted by molar-refractivity contribution is 5.92. The lowest BCUT2D eigenvalue weighted by Crippen LogP contribution is -2.38. The molecule has 100 valence electrons. The Bertz CT molecular complexity index is 471. The summed E-state index contributed by atoms with van der Waals surface area (Å²) in [5, 5.41) is 9.60. The number of hydrogen-bond donors (Lipinski definition) is 1. The molecule has 0 saturated carbocycles. The van der Waals surface area contributed by atoms with Gasteiger partial charge in [-0.05, 0) is 13.3 Å². The lowest BCUT2D eigenvalue weighted by molar-refractivity contribution is -0.173. The minimum Gasteiger partial charge on any atom is -0.464 e. The summed E-state index contributed by atoms with van der Waals surface area (Å²) in [4.78, 5) is 11.4. The van der Waals surface area contributed by atoms with Crippen molar-refractivity contribution >= 4 is 11.8 Å². The van der Waals surface area contributed by atoms with Crippen molar-refractivity contribution in [1.82, 2.24) is 15.0 Å². The third-order valence-electron chi connectivity index (χ3n) is 2.71. The van der Waals surface area contributed by atoms with Gasteiger partial charge < -0.3 is 10.1 Å². The Labute approximate surface area is 100 Å². The van der Waals surface area contributed by atoms with Crippen LogP contribution in [0.3, 0.4) is 0 Å². The Morgan fingerprint density at radius 1 is 1.56 bits per heavy atom. The number of hydrogen-bond acceptors (Lipinski definition) is 5. The maximum Gasteiger partial charge on any atom is 0.411 e. The number of nitrogens with zero attached hydrogens (tertiary/aromatic N) is 3. The van der Waals surface area contributed by atoms with Gasteiger partial charge in [0.1, 0.15) is 0 Å². The van der Waals surface area contributed by atoms with Crippen LogP contribution in [0.4, 0.5) is 19.0 Å². The highest BCUT2D eigenvalue weighted by Crippen LogP contribution is 2.39. The van der Waals surface area contributed by atoms with Gasteiger partial charge in [-0.2, -0.15) is 13.2 Å². The topological polar surface area (TPSA) is 69.0 Å². The predicted molar refractivity (Wildman–Crippen MR) is 54.2 cm³/mol. The van der Waals surface area contributed by atoms with Crippen molar-refractivity contribution in [3.8, 4) is 0 Å². The van der Waals surface area contributed by atoms with Crippen molar-refractivity contribution in [3.05, 3.63) is 5.69 Å². The zero-order chi connectivity index (χ0) is 13.5. The standard InChI is InChI=1S/C9H11F3N4O2/c1-4-3-5(9(10,11)12)16-7(13-4)6(14-15-16)8(17)18-2/h4-5,13H,3H2,1-2H3. The van der Waals surface area contributed by atoms with Crippen LogP contribution in [0.25, 0.3) is 0 Å². The number of carbonyl (C=O) groups is 1. The van der Waals surface area contributed by atoms with Gasteiger partial charge in [0.25, 0.3) is 0 Å². The van der Waals surface area contributed by atoms with Crippen LogP contribution < -0.4 is 5.32 Å². The summed E-state index contributed by atoms with van der Waals surface area (Å²) in [6.45, 7) is 1.59. The molecule has 1 aromatic heterocycles. The predicted octanol–water partition coefficient (Wildman–Crippen LogP) is 1.37. The van der Waals surface area contributed by atoms with Crippen molar-refractivity contribution in [2.24, 2.45) is 0 Å². The molecule has 0 radical (unpaired) electrons. The van der Waals surface area contributed by atoms with Crippen LogP contribution in [0.15, 0.2) is 0 Å². The molecule has 2 unspecified atom stereocenters. The highest BCUT2D eigenvalue weighted by atomic mass is 19.4. The first kappa shape index (κ1) is 12.7. The number of methoxy groups -OCH3 is 1. The van der Waals surface area contributed by atoms with Gasteiger partial charge in [0.2, 0.25) is 5.69 Å². The lowest BCUT2D eigenvalue weighted by atomic mass is 10.1. The van der Waals surface area contributed by atoms with Crippen molar-refractivity contribution in [2.45, 2.75) is 31.6 Å². The molecular weight excluding hydrogens is 253 g/mol. The number of alkyl halides is 3. The van der Waals surface area contributed by atoms with E-state index in [-0.39, 0.29) is 17.9 Å². The Morgan fingerprint density at radius 2 is 2.22 bits per heavy atom. The quantitative estimate of drug-likeness (QED) is 0.776. The Balaban J connectivity index is 2.46. The van der Waals surface area contributed by atoms with Crippen LogP contribution in [-0.2, 0) is 4.74 Å². The van der Waals surface area contributed by atoms with Gasteiger partial charge in [-0.15, -0.1) is 5.10 Å². The van der Waals surface area contributed by atoms with E-state index in [1.54, 1.807) is 6.92 Å². The number of fused-ring (bicyclic) bond motifs is 1. The number of aromatic nitrogens is 3. The first-order valence-electron chi connectivity index (χ1n) is 5.21. The summed E-state index contributed by atoms with van der Waals surface area (Å²) in [5.74, 6) is -0.873. The van der Waals surface area contributed by atoms with Crippen molar-refractivity contribution in [2.75, 3.05) is 12.4 Å². The van der Waals surface area contributed by atoms with Crippen molar-refractivity contribution in [1.29, 1.82) is 0 Å². The molecule has 0 fully saturated rings. The maximum atomic E-state index is 12.9. The zero-order valence-electron chi connectivity index (χ0n) is 9.65. The van der Waals surface area contributed by atoms with E-state index in [9.17, 15) is 18.0 Å². The number of halogens is 3. The fraction of sp³-hybridized carbons (Fsp3) is 0.667. The average Bonchev–Trinajstić information content (AvgIpc) is 2.69. The molecule has 0 spiro atoms. The van der Waals surface area contributed by atoms with E-state index in [1.807, 2.05) is 0 Å². The van der Waals surface area contributed by atoms with Crippen LogP contribution in [0.5, 0.6) is 0 Å². The molecule has 0 aromatic carbocycles. The molecule has 18 heavy (non-hydrogen) atoms. The zero-order valence-corrected chi connectivity index (χ0v) is 9.65. The monoisotopic (exact) mass is 264 g/mol. The summed E-state index contributed by atoms with van der Waals surface area (Å²) < 4.78 is 43.7. The van der Waals surface area contributed by atoms with Crippen LogP contribution in [0, 0.1) is 0 Å². The van der Waals surface area contributed by atoms with E-state index in [0.717, 1.165) is 7.11 Å². The number of anilines is 1. The summed E-state index contributed by atoms with van der Waals surface area (Å²) in [6.07, 6.45) is -4.60. The minimum atomic E-state index is -4.44. The molecule has 0 saturated heterocycles. The van der Waals surface area contributed by atoms with Gasteiger partial charge >= 0.3 is 12.1 Å². The van der Waals surface area contributed by atoms with Crippen LogP contribution in [-0.4, -0.2) is 40.3 Å². The molecule has 6 nitrogen and oxygen atoms in total. The second-order valence-corrected chi connectivity index (χ2v) is 4.06. The molecule has 1 aliphatic heterocycles. The van der Waals surface area contributed by atoms with Gasteiger partial charge in [-0.25, -0.2) is 9.48 Å². The van der Waals surface area contributed by atoms with E-state index >= 15 is 0 Å². The fourth-order valence-electron chi connectivity index (χ4n) is 1.88. The average molecular weight is 264 g/mol. The molecule has 2 atom stereocenters. The number of esters is 1. The largest absolute Gasteiger partial charge is 0.464 e. The molecule has 9 heteroatoms. The number of ether oxygens (including phenoxy) is 1. The summed E-state index contributed by atoms with van der Waals surface area (Å²) in [6, 6.07) is -2.22. The van der Waals surface area contributed by atoms with E-state index < -0.39 is 24.2 Å². The van der Waals surface area contributed by atoms with Gasteiger partial charge in [0.15, 0.2) is 11.9 Å². The molecule has 2 rings (SSSR count). The van der Waals surface area contributed by atoms with Crippen molar-refractivity contribution in [3.63, 3.8) is 0 Å². The minimum absolute atomic E-state index is 0.0528. The second kappa shape index (κ2) is 4.14. The second-order valence-electron chi connectivity index (χ2n) is 4.06. The molecule has 1 aromatic rings. The third kappa shape index (κ3) is 2.00. The number of nitrogens with one attached hydrogen (secondary N) is 1. The highest BCUT2D eigenvalue weighted by Gasteiger charge is 2.46. The smallest absolute Gasteiger partial charge is 0.411 e. The Hall–Kier alpha value is -1.80. The van der Waals surface area contributed by atoms with Crippen LogP contribution >= 0.6 is 0 Å². The van der Waals surface area contributed by atoms with Crippen molar-refractivity contribution < 1.29 is 22.7 Å².